The number of amides is 2. The molecule has 1 heterocycles. The molecule has 1 aliphatic carbocycles. The highest BCUT2D eigenvalue weighted by Crippen LogP contribution is 2.51. The van der Waals surface area contributed by atoms with Crippen LogP contribution in [0, 0.1) is 29.4 Å². The number of hydrogen-bond donors (Lipinski definition) is 3. The van der Waals surface area contributed by atoms with Gasteiger partial charge in [0.2, 0.25) is 11.8 Å². The molecule has 220 valence electrons. The van der Waals surface area contributed by atoms with Gasteiger partial charge in [0.1, 0.15) is 16.6 Å². The molecule has 0 fully saturated rings. The van der Waals surface area contributed by atoms with Gasteiger partial charge in [-0.1, -0.05) is 25.5 Å². The van der Waals surface area contributed by atoms with Crippen LogP contribution in [0.1, 0.15) is 69.1 Å². The first-order valence-corrected chi connectivity index (χ1v) is 14.9. The van der Waals surface area contributed by atoms with Crippen molar-refractivity contribution in [2.45, 2.75) is 78.9 Å². The molecule has 40 heavy (non-hydrogen) atoms. The lowest BCUT2D eigenvalue weighted by molar-refractivity contribution is -0.162. The number of halogens is 2. The number of carbonyl (C=O) groups is 2. The summed E-state index contributed by atoms with van der Waals surface area (Å²) in [6.45, 7) is 9.93. The Morgan fingerprint density at radius 3 is 2.38 bits per heavy atom. The Hall–Kier alpha value is -2.69. The Labute approximate surface area is 239 Å². The number of allylic oxidation sites excluding steroid dienone is 1. The maximum Gasteiger partial charge on any atom is 0.231 e. The minimum absolute atomic E-state index is 0.182. The van der Waals surface area contributed by atoms with Gasteiger partial charge in [-0.2, -0.15) is 0 Å². The molecule has 3 atom stereocenters. The van der Waals surface area contributed by atoms with Gasteiger partial charge < -0.3 is 21.1 Å². The molecule has 0 spiro atoms. The maximum absolute atomic E-state index is 14.4. The van der Waals surface area contributed by atoms with Crippen LogP contribution in [-0.2, 0) is 22.6 Å². The van der Waals surface area contributed by atoms with Crippen LogP contribution in [0.5, 0.6) is 0 Å². The summed E-state index contributed by atoms with van der Waals surface area (Å²) in [6.07, 6.45) is 2.48. The lowest BCUT2D eigenvalue weighted by Gasteiger charge is -2.50. The molecule has 1 aliphatic rings. The summed E-state index contributed by atoms with van der Waals surface area (Å²) < 4.78 is 28.2. The van der Waals surface area contributed by atoms with Crippen molar-refractivity contribution < 1.29 is 23.5 Å². The van der Waals surface area contributed by atoms with Crippen LogP contribution < -0.4 is 11.1 Å². The monoisotopic (exact) mass is 576 g/mol. The maximum atomic E-state index is 14.4. The zero-order chi connectivity index (χ0) is 29.5. The third kappa shape index (κ3) is 7.14. The summed E-state index contributed by atoms with van der Waals surface area (Å²) in [5.41, 5.74) is 4.80. The number of aliphatic hydroxyl groups excluding tert-OH is 1. The van der Waals surface area contributed by atoms with Gasteiger partial charge in [-0.15, -0.1) is 11.3 Å². The van der Waals surface area contributed by atoms with E-state index in [0.29, 0.717) is 39.0 Å². The predicted octanol–water partition coefficient (Wildman–Crippen LogP) is 4.66. The number of benzene rings is 1. The number of carbonyl (C=O) groups excluding carboxylic acids is 2. The van der Waals surface area contributed by atoms with Gasteiger partial charge in [-0.05, 0) is 76.6 Å². The van der Waals surface area contributed by atoms with Gasteiger partial charge >= 0.3 is 0 Å². The van der Waals surface area contributed by atoms with Gasteiger partial charge in [0.05, 0.1) is 16.9 Å². The summed E-state index contributed by atoms with van der Waals surface area (Å²) in [4.78, 5) is 33.7. The third-order valence-electron chi connectivity index (χ3n) is 7.61. The molecule has 0 radical (unpaired) electrons. The lowest BCUT2D eigenvalue weighted by atomic mass is 9.57. The van der Waals surface area contributed by atoms with E-state index in [4.69, 9.17) is 5.73 Å². The SMILES string of the molecule is CCCN(CCC)C(=O)C1(CCCNCc2nc(C)cs2)CC(C)=C[C@](Cc2cc(F)cc(F)c2)(C(N)=O)[C@@H]1O. The fourth-order valence-corrected chi connectivity index (χ4v) is 6.79. The largest absolute Gasteiger partial charge is 0.391 e. The van der Waals surface area contributed by atoms with E-state index in [1.807, 2.05) is 33.1 Å². The van der Waals surface area contributed by atoms with E-state index >= 15 is 0 Å². The predicted molar refractivity (Wildman–Crippen MR) is 153 cm³/mol. The van der Waals surface area contributed by atoms with Crippen LogP contribution in [0.2, 0.25) is 0 Å². The van der Waals surface area contributed by atoms with E-state index in [-0.39, 0.29) is 24.3 Å². The van der Waals surface area contributed by atoms with Crippen molar-refractivity contribution >= 4 is 23.2 Å². The molecule has 7 nitrogen and oxygen atoms in total. The molecule has 2 aromatic rings. The normalized spacial score (nSPS) is 22.7. The number of thiazole rings is 1. The highest BCUT2D eigenvalue weighted by molar-refractivity contribution is 7.09. The number of nitrogens with one attached hydrogen (secondary N) is 1. The number of hydrogen-bond acceptors (Lipinski definition) is 6. The number of aryl methyl sites for hydroxylation is 1. The van der Waals surface area contributed by atoms with Crippen molar-refractivity contribution in [2.24, 2.45) is 16.6 Å². The average molecular weight is 577 g/mol. The topological polar surface area (TPSA) is 109 Å². The van der Waals surface area contributed by atoms with Crippen molar-refractivity contribution in [3.05, 3.63) is 63.1 Å². The number of nitrogens with two attached hydrogens (primary N) is 1. The Morgan fingerprint density at radius 2 is 1.82 bits per heavy atom. The number of rotatable bonds is 14. The fraction of sp³-hybridized carbons (Fsp3) is 0.567. The Balaban J connectivity index is 1.98. The molecule has 0 bridgehead atoms. The summed E-state index contributed by atoms with van der Waals surface area (Å²) in [6, 6.07) is 3.01. The first kappa shape index (κ1) is 31.8. The quantitative estimate of drug-likeness (QED) is 0.224. The van der Waals surface area contributed by atoms with Crippen LogP contribution in [0.25, 0.3) is 0 Å². The second-order valence-corrected chi connectivity index (χ2v) is 12.0. The first-order valence-electron chi connectivity index (χ1n) is 14.0. The summed E-state index contributed by atoms with van der Waals surface area (Å²) in [7, 11) is 0. The Kier molecular flexibility index (Phi) is 11.0. The molecular formula is C30H42F2N4O3S. The van der Waals surface area contributed by atoms with Crippen LogP contribution in [0.15, 0.2) is 35.2 Å². The Bertz CT molecular complexity index is 1190. The lowest BCUT2D eigenvalue weighted by Crippen LogP contribution is -2.62. The number of aromatic nitrogens is 1. The molecule has 0 saturated carbocycles. The second kappa shape index (κ2) is 13.8. The van der Waals surface area contributed by atoms with Gasteiger partial charge in [-0.3, -0.25) is 9.59 Å². The molecule has 3 rings (SSSR count). The van der Waals surface area contributed by atoms with Gasteiger partial charge in [0, 0.05) is 36.8 Å². The molecule has 1 aromatic carbocycles. The van der Waals surface area contributed by atoms with E-state index in [0.717, 1.165) is 47.3 Å². The number of nitrogens with zero attached hydrogens (tertiary/aromatic N) is 2. The van der Waals surface area contributed by atoms with Crippen molar-refractivity contribution in [3.63, 3.8) is 0 Å². The second-order valence-electron chi connectivity index (χ2n) is 11.0. The molecule has 0 aliphatic heterocycles. The van der Waals surface area contributed by atoms with Crippen LogP contribution in [-0.4, -0.2) is 52.5 Å². The van der Waals surface area contributed by atoms with Crippen molar-refractivity contribution in [1.29, 1.82) is 0 Å². The standard InChI is InChI=1S/C30H42F2N4O3S/c1-5-10-36(11-6-2)28(39)29(8-7-9-34-18-25-35-21(4)19-40-25)15-20(3)16-30(26(29)37,27(33)38)17-22-12-23(31)14-24(32)13-22/h12-14,16,19,26,34,37H,5-11,15,17-18H2,1-4H3,(H2,33,38)/t26-,29?,30-/m1/s1. The number of aliphatic hydroxyl groups is 1. The summed E-state index contributed by atoms with van der Waals surface area (Å²) in [5, 5.41) is 18.4. The molecule has 10 heteroatoms. The van der Waals surface area contributed by atoms with Crippen LogP contribution in [0.4, 0.5) is 8.78 Å². The molecule has 1 unspecified atom stereocenters. The number of primary amides is 1. The highest BCUT2D eigenvalue weighted by Gasteiger charge is 2.59. The van der Waals surface area contributed by atoms with Gasteiger partial charge in [0.25, 0.3) is 0 Å². The molecular weight excluding hydrogens is 534 g/mol. The zero-order valence-corrected chi connectivity index (χ0v) is 24.8. The smallest absolute Gasteiger partial charge is 0.231 e. The third-order valence-corrected chi connectivity index (χ3v) is 8.57. The van der Waals surface area contributed by atoms with Gasteiger partial charge in [0.15, 0.2) is 0 Å². The van der Waals surface area contributed by atoms with E-state index < -0.39 is 34.5 Å². The highest BCUT2D eigenvalue weighted by atomic mass is 32.1. The van der Waals surface area contributed by atoms with E-state index in [1.54, 1.807) is 22.3 Å². The zero-order valence-electron chi connectivity index (χ0n) is 23.9. The Morgan fingerprint density at radius 1 is 1.18 bits per heavy atom. The first-order chi connectivity index (χ1) is 19.0. The fourth-order valence-electron chi connectivity index (χ4n) is 6.05. The van der Waals surface area contributed by atoms with Crippen molar-refractivity contribution in [2.75, 3.05) is 19.6 Å². The summed E-state index contributed by atoms with van der Waals surface area (Å²) >= 11 is 1.57. The molecule has 0 saturated heterocycles. The van der Waals surface area contributed by atoms with Crippen molar-refractivity contribution in [3.8, 4) is 0 Å². The van der Waals surface area contributed by atoms with Crippen LogP contribution in [0.3, 0.4) is 0 Å². The minimum atomic E-state index is -1.71. The molecule has 1 aromatic heterocycles. The van der Waals surface area contributed by atoms with Crippen LogP contribution >= 0.6 is 11.3 Å². The van der Waals surface area contributed by atoms with E-state index in [9.17, 15) is 23.5 Å². The van der Waals surface area contributed by atoms with E-state index in [2.05, 4.69) is 10.3 Å². The van der Waals surface area contributed by atoms with E-state index in [1.165, 1.54) is 0 Å². The average Bonchev–Trinajstić information content (AvgIpc) is 3.29. The minimum Gasteiger partial charge on any atom is -0.391 e. The van der Waals surface area contributed by atoms with Gasteiger partial charge in [-0.25, -0.2) is 13.8 Å². The molecule has 2 amide bonds. The summed E-state index contributed by atoms with van der Waals surface area (Å²) in [5.74, 6) is -2.64. The molecule has 4 N–H and O–H groups in total. The van der Waals surface area contributed by atoms with Crippen molar-refractivity contribution in [1.82, 2.24) is 15.2 Å².